The van der Waals surface area contributed by atoms with Gasteiger partial charge >= 0.3 is 0 Å². The van der Waals surface area contributed by atoms with Gasteiger partial charge in [0.25, 0.3) is 10.0 Å². The Labute approximate surface area is 154 Å². The average Bonchev–Trinajstić information content (AvgIpc) is 2.96. The number of rotatable bonds is 4. The average molecular weight is 399 g/mol. The van der Waals surface area contributed by atoms with Crippen molar-refractivity contribution in [2.24, 2.45) is 0 Å². The maximum absolute atomic E-state index is 12.5. The lowest BCUT2D eigenvalue weighted by atomic mass is 10.1. The van der Waals surface area contributed by atoms with Gasteiger partial charge in [-0.1, -0.05) is 35.3 Å². The minimum absolute atomic E-state index is 0.0594. The van der Waals surface area contributed by atoms with E-state index in [-0.39, 0.29) is 9.92 Å². The summed E-state index contributed by atoms with van der Waals surface area (Å²) in [5, 5.41) is 3.35. The Hall–Kier alpha value is -1.60. The summed E-state index contributed by atoms with van der Waals surface area (Å²) in [4.78, 5) is 4.34. The van der Waals surface area contributed by atoms with Crippen molar-refractivity contribution in [3.05, 3.63) is 62.9 Å². The van der Waals surface area contributed by atoms with Gasteiger partial charge in [-0.15, -0.1) is 11.3 Å². The van der Waals surface area contributed by atoms with Crippen LogP contribution >= 0.6 is 34.5 Å². The molecule has 4 nitrogen and oxygen atoms in total. The lowest BCUT2D eigenvalue weighted by Crippen LogP contribution is -2.13. The Morgan fingerprint density at radius 2 is 1.79 bits per heavy atom. The van der Waals surface area contributed by atoms with Crippen molar-refractivity contribution in [2.75, 3.05) is 4.72 Å². The number of anilines is 1. The largest absolute Gasteiger partial charge is 0.280 e. The maximum atomic E-state index is 12.5. The molecule has 0 saturated heterocycles. The molecule has 0 fully saturated rings. The lowest BCUT2D eigenvalue weighted by molar-refractivity contribution is 0.601. The third-order valence-electron chi connectivity index (χ3n) is 3.23. The van der Waals surface area contributed by atoms with Gasteiger partial charge in [0.1, 0.15) is 4.90 Å². The molecule has 124 valence electrons. The number of halogens is 2. The second-order valence-electron chi connectivity index (χ2n) is 5.01. The molecule has 3 aromatic rings. The van der Waals surface area contributed by atoms with Crippen LogP contribution in [0.25, 0.3) is 11.3 Å². The summed E-state index contributed by atoms with van der Waals surface area (Å²) in [7, 11) is -3.82. The molecule has 2 aromatic carbocycles. The van der Waals surface area contributed by atoms with Gasteiger partial charge in [-0.2, -0.15) is 0 Å². The van der Waals surface area contributed by atoms with Gasteiger partial charge in [0, 0.05) is 21.7 Å². The van der Waals surface area contributed by atoms with Gasteiger partial charge in [-0.05, 0) is 37.3 Å². The number of aromatic nitrogens is 1. The second-order valence-corrected chi connectivity index (χ2v) is 8.57. The van der Waals surface area contributed by atoms with E-state index in [1.165, 1.54) is 18.2 Å². The summed E-state index contributed by atoms with van der Waals surface area (Å²) in [5.74, 6) is 0. The highest BCUT2D eigenvalue weighted by molar-refractivity contribution is 7.92. The molecule has 0 aliphatic rings. The van der Waals surface area contributed by atoms with Gasteiger partial charge in [-0.25, -0.2) is 13.4 Å². The van der Waals surface area contributed by atoms with Gasteiger partial charge < -0.3 is 0 Å². The van der Waals surface area contributed by atoms with Crippen molar-refractivity contribution < 1.29 is 8.42 Å². The molecule has 1 heterocycles. The van der Waals surface area contributed by atoms with E-state index in [4.69, 9.17) is 23.2 Å². The summed E-state index contributed by atoms with van der Waals surface area (Å²) in [6, 6.07) is 11.3. The van der Waals surface area contributed by atoms with Crippen LogP contribution in [0.4, 0.5) is 5.69 Å². The highest BCUT2D eigenvalue weighted by atomic mass is 35.5. The molecule has 24 heavy (non-hydrogen) atoms. The second kappa shape index (κ2) is 6.72. The quantitative estimate of drug-likeness (QED) is 0.654. The molecular formula is C16H12Cl2N2O2S2. The van der Waals surface area contributed by atoms with E-state index in [0.717, 1.165) is 16.3 Å². The summed E-state index contributed by atoms with van der Waals surface area (Å²) in [6.07, 6.45) is 0. The zero-order chi connectivity index (χ0) is 17.3. The Morgan fingerprint density at radius 3 is 2.42 bits per heavy atom. The number of aryl methyl sites for hydroxylation is 1. The van der Waals surface area contributed by atoms with Crippen LogP contribution in [0.3, 0.4) is 0 Å². The van der Waals surface area contributed by atoms with Crippen LogP contribution in [0.2, 0.25) is 10.0 Å². The van der Waals surface area contributed by atoms with Gasteiger partial charge in [0.2, 0.25) is 0 Å². The molecule has 0 amide bonds. The van der Waals surface area contributed by atoms with E-state index in [1.807, 2.05) is 24.4 Å². The van der Waals surface area contributed by atoms with Gasteiger partial charge in [-0.3, -0.25) is 4.72 Å². The fourth-order valence-electron chi connectivity index (χ4n) is 2.10. The SMILES string of the molecule is Cc1nc(-c2ccc(NS(=O)(=O)c3cc(Cl)ccc3Cl)cc2)cs1. The van der Waals surface area contributed by atoms with Crippen LogP contribution in [-0.4, -0.2) is 13.4 Å². The van der Waals surface area contributed by atoms with E-state index in [2.05, 4.69) is 9.71 Å². The Bertz CT molecular complexity index is 984. The number of nitrogens with one attached hydrogen (secondary N) is 1. The molecule has 0 unspecified atom stereocenters. The number of hydrogen-bond acceptors (Lipinski definition) is 4. The van der Waals surface area contributed by atoms with Crippen LogP contribution in [-0.2, 0) is 10.0 Å². The number of benzene rings is 2. The van der Waals surface area contributed by atoms with Crippen LogP contribution in [0.1, 0.15) is 5.01 Å². The zero-order valence-electron chi connectivity index (χ0n) is 12.5. The van der Waals surface area contributed by atoms with E-state index >= 15 is 0 Å². The van der Waals surface area contributed by atoms with Crippen LogP contribution < -0.4 is 4.72 Å². The first kappa shape index (κ1) is 17.2. The van der Waals surface area contributed by atoms with Crippen molar-refractivity contribution in [3.8, 4) is 11.3 Å². The van der Waals surface area contributed by atoms with Crippen LogP contribution in [0, 0.1) is 6.92 Å². The number of sulfonamides is 1. The highest BCUT2D eigenvalue weighted by Crippen LogP contribution is 2.28. The molecule has 0 aliphatic heterocycles. The topological polar surface area (TPSA) is 59.1 Å². The molecular weight excluding hydrogens is 387 g/mol. The molecule has 0 bridgehead atoms. The van der Waals surface area contributed by atoms with E-state index in [1.54, 1.807) is 23.5 Å². The van der Waals surface area contributed by atoms with Crippen molar-refractivity contribution in [1.29, 1.82) is 0 Å². The minimum Gasteiger partial charge on any atom is -0.280 e. The Morgan fingerprint density at radius 1 is 1.08 bits per heavy atom. The molecule has 0 aliphatic carbocycles. The summed E-state index contributed by atoms with van der Waals surface area (Å²) < 4.78 is 27.4. The first-order chi connectivity index (χ1) is 11.3. The third kappa shape index (κ3) is 3.72. The van der Waals surface area contributed by atoms with Crippen molar-refractivity contribution in [3.63, 3.8) is 0 Å². The molecule has 0 spiro atoms. The summed E-state index contributed by atoms with van der Waals surface area (Å²) in [5.41, 5.74) is 2.22. The smallest absolute Gasteiger partial charge is 0.263 e. The van der Waals surface area contributed by atoms with Crippen LogP contribution in [0.15, 0.2) is 52.7 Å². The normalized spacial score (nSPS) is 11.5. The Balaban J connectivity index is 1.86. The van der Waals surface area contributed by atoms with Crippen molar-refractivity contribution in [1.82, 2.24) is 4.98 Å². The first-order valence-corrected chi connectivity index (χ1v) is 9.97. The molecule has 1 N–H and O–H groups in total. The summed E-state index contributed by atoms with van der Waals surface area (Å²) in [6.45, 7) is 1.94. The molecule has 8 heteroatoms. The van der Waals surface area contributed by atoms with E-state index < -0.39 is 10.0 Å². The highest BCUT2D eigenvalue weighted by Gasteiger charge is 2.18. The van der Waals surface area contributed by atoms with Gasteiger partial charge in [0.05, 0.1) is 15.7 Å². The number of nitrogens with zero attached hydrogens (tertiary/aromatic N) is 1. The predicted molar refractivity (Wildman–Crippen MR) is 99.6 cm³/mol. The van der Waals surface area contributed by atoms with Crippen molar-refractivity contribution in [2.45, 2.75) is 11.8 Å². The lowest BCUT2D eigenvalue weighted by Gasteiger charge is -2.10. The molecule has 1 aromatic heterocycles. The fourth-order valence-corrected chi connectivity index (χ4v) is 4.54. The monoisotopic (exact) mass is 398 g/mol. The number of thiazole rings is 1. The summed E-state index contributed by atoms with van der Waals surface area (Å²) >= 11 is 13.4. The maximum Gasteiger partial charge on any atom is 0.263 e. The third-order valence-corrected chi connectivity index (χ3v) is 6.11. The molecule has 0 saturated carbocycles. The van der Waals surface area contributed by atoms with E-state index in [0.29, 0.717) is 10.7 Å². The Kier molecular flexibility index (Phi) is 4.83. The molecule has 0 radical (unpaired) electrons. The van der Waals surface area contributed by atoms with Crippen molar-refractivity contribution >= 4 is 50.2 Å². The molecule has 3 rings (SSSR count). The van der Waals surface area contributed by atoms with Gasteiger partial charge in [0.15, 0.2) is 0 Å². The first-order valence-electron chi connectivity index (χ1n) is 6.85. The standard InChI is InChI=1S/C16H12Cl2N2O2S2/c1-10-19-15(9-23-10)11-2-5-13(6-3-11)20-24(21,22)16-8-12(17)4-7-14(16)18/h2-9,20H,1H3. The zero-order valence-corrected chi connectivity index (χ0v) is 15.6. The predicted octanol–water partition coefficient (Wildman–Crippen LogP) is 5.23. The van der Waals surface area contributed by atoms with E-state index in [9.17, 15) is 8.42 Å². The fraction of sp³-hybridized carbons (Fsp3) is 0.0625. The minimum atomic E-state index is -3.82. The van der Waals surface area contributed by atoms with Crippen LogP contribution in [0.5, 0.6) is 0 Å². The number of hydrogen-bond donors (Lipinski definition) is 1. The molecule has 0 atom stereocenters.